The zero-order chi connectivity index (χ0) is 20.6. The molecule has 1 atom stereocenters. The quantitative estimate of drug-likeness (QED) is 0.447. The Labute approximate surface area is 181 Å². The number of aromatic nitrogens is 2. The minimum atomic E-state index is 0.278. The second-order valence-electron chi connectivity index (χ2n) is 7.54. The van der Waals surface area contributed by atoms with Gasteiger partial charge < -0.3 is 18.9 Å². The molecule has 0 aliphatic carbocycles. The molecule has 0 bridgehead atoms. The normalized spacial score (nSPS) is 16.8. The molecule has 7 heteroatoms. The van der Waals surface area contributed by atoms with Gasteiger partial charge in [-0.25, -0.2) is 0 Å². The van der Waals surface area contributed by atoms with Crippen LogP contribution in [0.4, 0.5) is 0 Å². The predicted molar refractivity (Wildman–Crippen MR) is 114 cm³/mol. The van der Waals surface area contributed by atoms with E-state index in [4.69, 9.17) is 25.6 Å². The summed E-state index contributed by atoms with van der Waals surface area (Å²) in [5.41, 5.74) is 1.21. The molecule has 0 spiro atoms. The van der Waals surface area contributed by atoms with Gasteiger partial charge in [0.2, 0.25) is 11.7 Å². The van der Waals surface area contributed by atoms with Crippen LogP contribution in [0.2, 0.25) is 5.02 Å². The Balaban J connectivity index is 1.14. The van der Waals surface area contributed by atoms with E-state index in [0.29, 0.717) is 29.3 Å². The molecule has 0 radical (unpaired) electrons. The van der Waals surface area contributed by atoms with Crippen LogP contribution in [-0.4, -0.2) is 41.3 Å². The van der Waals surface area contributed by atoms with Crippen LogP contribution >= 0.6 is 11.6 Å². The lowest BCUT2D eigenvalue weighted by atomic mass is 10.1. The SMILES string of the molecule is Clc1ccc(OCc2noc(CC3CCN(CCOCc4ccccc4)C3)n2)cc1. The fourth-order valence-electron chi connectivity index (χ4n) is 3.60. The first-order valence-electron chi connectivity index (χ1n) is 10.3. The molecular formula is C23H26ClN3O3. The lowest BCUT2D eigenvalue weighted by Gasteiger charge is -2.15. The van der Waals surface area contributed by atoms with Crippen molar-refractivity contribution in [2.45, 2.75) is 26.1 Å². The average Bonchev–Trinajstić information content (AvgIpc) is 3.41. The molecule has 6 nitrogen and oxygen atoms in total. The number of ether oxygens (including phenoxy) is 2. The summed E-state index contributed by atoms with van der Waals surface area (Å²) in [6.07, 6.45) is 1.94. The maximum atomic E-state index is 5.88. The van der Waals surface area contributed by atoms with Gasteiger partial charge in [0.15, 0.2) is 6.61 Å². The second-order valence-corrected chi connectivity index (χ2v) is 7.98. The summed E-state index contributed by atoms with van der Waals surface area (Å²) in [7, 11) is 0. The molecule has 0 saturated carbocycles. The van der Waals surface area contributed by atoms with Crippen LogP contribution in [0.15, 0.2) is 59.1 Å². The standard InChI is InChI=1S/C23H26ClN3O3/c24-20-6-8-21(9-7-20)29-17-22-25-23(30-26-22)14-19-10-11-27(15-19)12-13-28-16-18-4-2-1-3-5-18/h1-9,19H,10-17H2. The number of halogens is 1. The van der Waals surface area contributed by atoms with Crippen LogP contribution in [-0.2, 0) is 24.4 Å². The van der Waals surface area contributed by atoms with E-state index < -0.39 is 0 Å². The molecule has 1 saturated heterocycles. The molecule has 0 N–H and O–H groups in total. The Morgan fingerprint density at radius 1 is 1.07 bits per heavy atom. The molecule has 1 aromatic heterocycles. The average molecular weight is 428 g/mol. The third-order valence-electron chi connectivity index (χ3n) is 5.19. The maximum Gasteiger partial charge on any atom is 0.227 e. The summed E-state index contributed by atoms with van der Waals surface area (Å²) in [6.45, 7) is 4.76. The summed E-state index contributed by atoms with van der Waals surface area (Å²) >= 11 is 5.88. The number of hydrogen-bond acceptors (Lipinski definition) is 6. The summed E-state index contributed by atoms with van der Waals surface area (Å²) < 4.78 is 16.9. The van der Waals surface area contributed by atoms with Gasteiger partial charge in [-0.3, -0.25) is 0 Å². The number of likely N-dealkylation sites (tertiary alicyclic amines) is 1. The van der Waals surface area contributed by atoms with E-state index in [2.05, 4.69) is 27.2 Å². The van der Waals surface area contributed by atoms with E-state index in [0.717, 1.165) is 44.8 Å². The van der Waals surface area contributed by atoms with Crippen LogP contribution in [0.1, 0.15) is 23.7 Å². The molecule has 158 valence electrons. The molecule has 1 unspecified atom stereocenters. The summed E-state index contributed by atoms with van der Waals surface area (Å²) in [5, 5.41) is 4.71. The zero-order valence-corrected chi connectivity index (χ0v) is 17.6. The maximum absolute atomic E-state index is 5.88. The third-order valence-corrected chi connectivity index (χ3v) is 5.44. The Bertz CT molecular complexity index is 902. The van der Waals surface area contributed by atoms with Crippen LogP contribution in [0, 0.1) is 5.92 Å². The van der Waals surface area contributed by atoms with Gasteiger partial charge >= 0.3 is 0 Å². The van der Waals surface area contributed by atoms with E-state index in [-0.39, 0.29) is 6.61 Å². The smallest absolute Gasteiger partial charge is 0.227 e. The highest BCUT2D eigenvalue weighted by Crippen LogP contribution is 2.21. The van der Waals surface area contributed by atoms with Gasteiger partial charge in [-0.1, -0.05) is 47.1 Å². The molecule has 1 fully saturated rings. The minimum Gasteiger partial charge on any atom is -0.485 e. The highest BCUT2D eigenvalue weighted by atomic mass is 35.5. The first-order valence-corrected chi connectivity index (χ1v) is 10.7. The minimum absolute atomic E-state index is 0.278. The third kappa shape index (κ3) is 6.29. The van der Waals surface area contributed by atoms with Gasteiger partial charge in [0, 0.05) is 24.5 Å². The van der Waals surface area contributed by atoms with Gasteiger partial charge in [0.05, 0.1) is 13.2 Å². The van der Waals surface area contributed by atoms with Crippen molar-refractivity contribution in [1.82, 2.24) is 15.0 Å². The lowest BCUT2D eigenvalue weighted by molar-refractivity contribution is 0.0981. The van der Waals surface area contributed by atoms with Crippen molar-refractivity contribution >= 4 is 11.6 Å². The van der Waals surface area contributed by atoms with Crippen molar-refractivity contribution in [2.75, 3.05) is 26.2 Å². The van der Waals surface area contributed by atoms with Gasteiger partial charge in [0.25, 0.3) is 0 Å². The van der Waals surface area contributed by atoms with Gasteiger partial charge in [-0.05, 0) is 48.7 Å². The van der Waals surface area contributed by atoms with Crippen molar-refractivity contribution in [2.24, 2.45) is 5.92 Å². The fraction of sp³-hybridized carbons (Fsp3) is 0.391. The first kappa shape index (κ1) is 20.8. The zero-order valence-electron chi connectivity index (χ0n) is 16.9. The molecule has 30 heavy (non-hydrogen) atoms. The van der Waals surface area contributed by atoms with E-state index in [1.165, 1.54) is 5.56 Å². The van der Waals surface area contributed by atoms with Gasteiger partial charge in [0.1, 0.15) is 5.75 Å². The van der Waals surface area contributed by atoms with Crippen molar-refractivity contribution in [3.63, 3.8) is 0 Å². The van der Waals surface area contributed by atoms with Crippen molar-refractivity contribution in [1.29, 1.82) is 0 Å². The van der Waals surface area contributed by atoms with Crippen LogP contribution in [0.3, 0.4) is 0 Å². The fourth-order valence-corrected chi connectivity index (χ4v) is 3.72. The highest BCUT2D eigenvalue weighted by Gasteiger charge is 2.24. The number of nitrogens with zero attached hydrogens (tertiary/aromatic N) is 3. The molecule has 4 rings (SSSR count). The second kappa shape index (κ2) is 10.6. The Morgan fingerprint density at radius 3 is 2.73 bits per heavy atom. The van der Waals surface area contributed by atoms with Crippen LogP contribution < -0.4 is 4.74 Å². The van der Waals surface area contributed by atoms with Crippen LogP contribution in [0.5, 0.6) is 5.75 Å². The highest BCUT2D eigenvalue weighted by molar-refractivity contribution is 6.30. The molecule has 2 aromatic carbocycles. The number of hydrogen-bond donors (Lipinski definition) is 0. The van der Waals surface area contributed by atoms with E-state index >= 15 is 0 Å². The summed E-state index contributed by atoms with van der Waals surface area (Å²) in [6, 6.07) is 17.5. The Morgan fingerprint density at radius 2 is 1.90 bits per heavy atom. The topological polar surface area (TPSA) is 60.6 Å². The largest absolute Gasteiger partial charge is 0.485 e. The molecule has 1 aliphatic heterocycles. The van der Waals surface area contributed by atoms with E-state index in [1.54, 1.807) is 12.1 Å². The monoisotopic (exact) mass is 427 g/mol. The van der Waals surface area contributed by atoms with E-state index in [1.807, 2.05) is 30.3 Å². The van der Waals surface area contributed by atoms with Gasteiger partial charge in [-0.2, -0.15) is 4.98 Å². The predicted octanol–water partition coefficient (Wildman–Crippen LogP) is 4.38. The lowest BCUT2D eigenvalue weighted by Crippen LogP contribution is -2.25. The summed E-state index contributed by atoms with van der Waals surface area (Å²) in [5.74, 6) is 2.50. The molecule has 0 amide bonds. The van der Waals surface area contributed by atoms with Crippen molar-refractivity contribution in [3.8, 4) is 5.75 Å². The van der Waals surface area contributed by atoms with Crippen LogP contribution in [0.25, 0.3) is 0 Å². The number of benzene rings is 2. The molecule has 3 aromatic rings. The van der Waals surface area contributed by atoms with Crippen molar-refractivity contribution < 1.29 is 14.0 Å². The summed E-state index contributed by atoms with van der Waals surface area (Å²) in [4.78, 5) is 6.91. The molecular weight excluding hydrogens is 402 g/mol. The Hall–Kier alpha value is -2.41. The van der Waals surface area contributed by atoms with E-state index in [9.17, 15) is 0 Å². The first-order chi connectivity index (χ1) is 14.7. The molecule has 2 heterocycles. The van der Waals surface area contributed by atoms with Gasteiger partial charge in [-0.15, -0.1) is 0 Å². The van der Waals surface area contributed by atoms with Crippen molar-refractivity contribution in [3.05, 3.63) is 76.9 Å². The Kier molecular flexibility index (Phi) is 7.34. The number of rotatable bonds is 10. The molecule has 1 aliphatic rings.